The van der Waals surface area contributed by atoms with E-state index in [0.29, 0.717) is 12.4 Å². The first-order valence-corrected chi connectivity index (χ1v) is 4.80. The molecule has 0 amide bonds. The van der Waals surface area contributed by atoms with E-state index in [9.17, 15) is 4.79 Å². The first kappa shape index (κ1) is 11.4. The Morgan fingerprint density at radius 3 is 2.60 bits per heavy atom. The second-order valence-corrected chi connectivity index (χ2v) is 2.90. The maximum atomic E-state index is 10.3. The molecule has 4 nitrogen and oxygen atoms in total. The smallest absolute Gasteiger partial charge is 0.306 e. The number of carbonyl (C=O) groups is 1. The van der Waals surface area contributed by atoms with E-state index < -0.39 is 5.97 Å². The minimum atomic E-state index is -0.865. The van der Waals surface area contributed by atoms with Crippen molar-refractivity contribution in [1.82, 2.24) is 0 Å². The summed E-state index contributed by atoms with van der Waals surface area (Å²) in [6.45, 7) is 2.67. The van der Waals surface area contributed by atoms with Crippen LogP contribution in [0.2, 0.25) is 0 Å². The predicted molar refractivity (Wildman–Crippen MR) is 55.4 cm³/mol. The molecule has 0 bridgehead atoms. The summed E-state index contributed by atoms with van der Waals surface area (Å²) in [7, 11) is 0. The van der Waals surface area contributed by atoms with Gasteiger partial charge < -0.3 is 14.6 Å². The molecule has 0 aliphatic rings. The Morgan fingerprint density at radius 1 is 1.33 bits per heavy atom. The fraction of sp³-hybridized carbons (Fsp3) is 0.364. The highest BCUT2D eigenvalue weighted by Gasteiger charge is 1.99. The van der Waals surface area contributed by atoms with Crippen molar-refractivity contribution in [1.29, 1.82) is 0 Å². The Balaban J connectivity index is 2.46. The van der Waals surface area contributed by atoms with Gasteiger partial charge in [-0.05, 0) is 19.1 Å². The normalized spacial score (nSPS) is 9.67. The topological polar surface area (TPSA) is 55.8 Å². The molecule has 0 spiro atoms. The number of hydrogen-bond donors (Lipinski definition) is 1. The summed E-state index contributed by atoms with van der Waals surface area (Å²) in [6, 6.07) is 7.14. The van der Waals surface area contributed by atoms with Crippen LogP contribution in [0.5, 0.6) is 11.5 Å². The van der Waals surface area contributed by atoms with Crippen LogP contribution in [-0.2, 0) is 4.79 Å². The van der Waals surface area contributed by atoms with E-state index >= 15 is 0 Å². The van der Waals surface area contributed by atoms with Crippen molar-refractivity contribution >= 4 is 5.97 Å². The molecule has 1 aromatic carbocycles. The van der Waals surface area contributed by atoms with E-state index in [1.165, 1.54) is 0 Å². The molecule has 1 aromatic rings. The summed E-state index contributed by atoms with van der Waals surface area (Å²) in [5, 5.41) is 8.43. The van der Waals surface area contributed by atoms with Gasteiger partial charge in [0.15, 0.2) is 0 Å². The number of aliphatic carboxylic acids is 1. The van der Waals surface area contributed by atoms with Crippen LogP contribution in [0.15, 0.2) is 24.3 Å². The lowest BCUT2D eigenvalue weighted by molar-refractivity contribution is -0.137. The molecule has 1 N–H and O–H groups in total. The largest absolute Gasteiger partial charge is 0.494 e. The molecule has 4 heteroatoms. The van der Waals surface area contributed by atoms with Crippen LogP contribution in [0.3, 0.4) is 0 Å². The third kappa shape index (κ3) is 4.35. The number of hydrogen-bond acceptors (Lipinski definition) is 3. The van der Waals surface area contributed by atoms with Gasteiger partial charge in [-0.1, -0.05) is 6.07 Å². The van der Waals surface area contributed by atoms with Crippen molar-refractivity contribution < 1.29 is 19.4 Å². The van der Waals surface area contributed by atoms with E-state index in [-0.39, 0.29) is 13.0 Å². The van der Waals surface area contributed by atoms with Gasteiger partial charge in [0.25, 0.3) is 0 Å². The van der Waals surface area contributed by atoms with Crippen LogP contribution in [0.25, 0.3) is 0 Å². The van der Waals surface area contributed by atoms with Gasteiger partial charge in [-0.25, -0.2) is 0 Å². The lowest BCUT2D eigenvalue weighted by Crippen LogP contribution is -2.04. The molecule has 0 aliphatic heterocycles. The van der Waals surface area contributed by atoms with E-state index in [1.54, 1.807) is 18.2 Å². The van der Waals surface area contributed by atoms with Crippen LogP contribution in [0.4, 0.5) is 0 Å². The van der Waals surface area contributed by atoms with Crippen molar-refractivity contribution in [2.75, 3.05) is 13.2 Å². The van der Waals surface area contributed by atoms with E-state index in [1.807, 2.05) is 13.0 Å². The molecule has 0 radical (unpaired) electrons. The fourth-order valence-corrected chi connectivity index (χ4v) is 1.08. The van der Waals surface area contributed by atoms with Crippen molar-refractivity contribution in [3.63, 3.8) is 0 Å². The van der Waals surface area contributed by atoms with Crippen molar-refractivity contribution in [3.05, 3.63) is 24.3 Å². The van der Waals surface area contributed by atoms with Gasteiger partial charge in [-0.3, -0.25) is 4.79 Å². The van der Waals surface area contributed by atoms with Gasteiger partial charge in [-0.2, -0.15) is 0 Å². The third-order valence-corrected chi connectivity index (χ3v) is 1.70. The highest BCUT2D eigenvalue weighted by molar-refractivity contribution is 5.66. The molecule has 0 aliphatic carbocycles. The summed E-state index contributed by atoms with van der Waals surface area (Å²) in [5.41, 5.74) is 0. The highest BCUT2D eigenvalue weighted by Crippen LogP contribution is 2.19. The molecule has 0 saturated carbocycles. The van der Waals surface area contributed by atoms with Crippen molar-refractivity contribution in [2.24, 2.45) is 0 Å². The van der Waals surface area contributed by atoms with Gasteiger partial charge in [0.1, 0.15) is 11.5 Å². The van der Waals surface area contributed by atoms with Gasteiger partial charge in [0.2, 0.25) is 0 Å². The zero-order valence-corrected chi connectivity index (χ0v) is 8.60. The van der Waals surface area contributed by atoms with Gasteiger partial charge >= 0.3 is 5.97 Å². The lowest BCUT2D eigenvalue weighted by Gasteiger charge is -2.07. The average molecular weight is 210 g/mol. The number of carboxylic acid groups (broad SMARTS) is 1. The summed E-state index contributed by atoms with van der Waals surface area (Å²) in [4.78, 5) is 10.3. The Hall–Kier alpha value is -1.71. The number of benzene rings is 1. The van der Waals surface area contributed by atoms with E-state index in [4.69, 9.17) is 14.6 Å². The van der Waals surface area contributed by atoms with Crippen LogP contribution < -0.4 is 9.47 Å². The van der Waals surface area contributed by atoms with Crippen LogP contribution >= 0.6 is 0 Å². The fourth-order valence-electron chi connectivity index (χ4n) is 1.08. The Bertz CT molecular complexity index is 322. The summed E-state index contributed by atoms with van der Waals surface area (Å²) < 4.78 is 10.5. The first-order valence-electron chi connectivity index (χ1n) is 4.80. The lowest BCUT2D eigenvalue weighted by atomic mass is 10.3. The second kappa shape index (κ2) is 5.90. The Morgan fingerprint density at radius 2 is 2.00 bits per heavy atom. The maximum Gasteiger partial charge on any atom is 0.306 e. The third-order valence-electron chi connectivity index (χ3n) is 1.70. The molecule has 0 heterocycles. The predicted octanol–water partition coefficient (Wildman–Crippen LogP) is 1.94. The molecular weight excluding hydrogens is 196 g/mol. The Labute approximate surface area is 88.4 Å². The minimum Gasteiger partial charge on any atom is -0.494 e. The number of carboxylic acids is 1. The zero-order valence-electron chi connectivity index (χ0n) is 8.60. The zero-order chi connectivity index (χ0) is 11.1. The second-order valence-electron chi connectivity index (χ2n) is 2.90. The molecule has 0 atom stereocenters. The summed E-state index contributed by atoms with van der Waals surface area (Å²) >= 11 is 0. The minimum absolute atomic E-state index is 0.00113. The van der Waals surface area contributed by atoms with Gasteiger partial charge in [-0.15, -0.1) is 0 Å². The average Bonchev–Trinajstić information content (AvgIpc) is 2.18. The van der Waals surface area contributed by atoms with Crippen molar-refractivity contribution in [3.8, 4) is 11.5 Å². The van der Waals surface area contributed by atoms with Crippen LogP contribution in [0.1, 0.15) is 13.3 Å². The molecule has 0 saturated heterocycles. The number of ether oxygens (including phenoxy) is 2. The van der Waals surface area contributed by atoms with Crippen LogP contribution in [-0.4, -0.2) is 24.3 Å². The molecule has 0 fully saturated rings. The van der Waals surface area contributed by atoms with Crippen molar-refractivity contribution in [2.45, 2.75) is 13.3 Å². The van der Waals surface area contributed by atoms with E-state index in [2.05, 4.69) is 0 Å². The standard InChI is InChI=1S/C11H14O4/c1-2-14-9-4-3-5-10(8-9)15-7-6-11(12)13/h3-5,8H,2,6-7H2,1H3,(H,12,13). The van der Waals surface area contributed by atoms with E-state index in [0.717, 1.165) is 5.75 Å². The van der Waals surface area contributed by atoms with Gasteiger partial charge in [0, 0.05) is 6.07 Å². The Kier molecular flexibility index (Phi) is 4.47. The molecule has 82 valence electrons. The monoisotopic (exact) mass is 210 g/mol. The summed E-state index contributed by atoms with van der Waals surface area (Å²) in [5.74, 6) is 0.489. The summed E-state index contributed by atoms with van der Waals surface area (Å²) in [6.07, 6.45) is -0.00113. The SMILES string of the molecule is CCOc1cccc(OCCC(=O)O)c1. The van der Waals surface area contributed by atoms with Gasteiger partial charge in [0.05, 0.1) is 19.6 Å². The molecule has 15 heavy (non-hydrogen) atoms. The molecule has 0 aromatic heterocycles. The first-order chi connectivity index (χ1) is 7.22. The molecule has 1 rings (SSSR count). The number of rotatable bonds is 6. The quantitative estimate of drug-likeness (QED) is 0.779. The molecular formula is C11H14O4. The maximum absolute atomic E-state index is 10.3. The molecule has 0 unspecified atom stereocenters. The van der Waals surface area contributed by atoms with Crippen LogP contribution in [0, 0.1) is 0 Å². The highest BCUT2D eigenvalue weighted by atomic mass is 16.5.